The molecule has 2 unspecified atom stereocenters. The fraction of sp³-hybridized carbons (Fsp3) is 0.227. The minimum Gasteiger partial charge on any atom is -0.294 e. The zero-order chi connectivity index (χ0) is 19.0. The van der Waals surface area contributed by atoms with Gasteiger partial charge in [0, 0.05) is 11.5 Å². The first-order valence-corrected chi connectivity index (χ1v) is 10.3. The van der Waals surface area contributed by atoms with Gasteiger partial charge in [-0.3, -0.25) is 8.98 Å². The van der Waals surface area contributed by atoms with Gasteiger partial charge in [-0.05, 0) is 48.2 Å². The number of Topliss-reactive ketones (excluding diaryl/α,β-unsaturated/α-hetero) is 1. The number of hydrogen-bond donors (Lipinski definition) is 0. The highest BCUT2D eigenvalue weighted by Gasteiger charge is 2.44. The molecule has 0 aliphatic heterocycles. The van der Waals surface area contributed by atoms with E-state index < -0.39 is 10.1 Å². The molecule has 0 amide bonds. The highest BCUT2D eigenvalue weighted by molar-refractivity contribution is 7.86. The standard InChI is InChI=1S/C22H20O4S/c1-15-6-10-20(11-7-15)27(24,25)26-14-19-13-21(19)22(23)18-9-8-16-4-2-3-5-17(16)12-18/h2-12,19,21H,13-14H2,1H3. The van der Waals surface area contributed by atoms with Gasteiger partial charge in [0.2, 0.25) is 0 Å². The molecule has 0 saturated heterocycles. The topological polar surface area (TPSA) is 60.4 Å². The van der Waals surface area contributed by atoms with Gasteiger partial charge in [-0.1, -0.05) is 54.1 Å². The molecule has 1 aliphatic rings. The molecule has 1 fully saturated rings. The van der Waals surface area contributed by atoms with Gasteiger partial charge in [-0.15, -0.1) is 0 Å². The summed E-state index contributed by atoms with van der Waals surface area (Å²) >= 11 is 0. The minimum atomic E-state index is -3.79. The van der Waals surface area contributed by atoms with Crippen molar-refractivity contribution in [3.63, 3.8) is 0 Å². The third-order valence-electron chi connectivity index (χ3n) is 5.04. The number of carbonyl (C=O) groups is 1. The molecule has 0 bridgehead atoms. The van der Waals surface area contributed by atoms with Gasteiger partial charge in [-0.25, -0.2) is 0 Å². The van der Waals surface area contributed by atoms with Crippen molar-refractivity contribution in [1.82, 2.24) is 0 Å². The predicted molar refractivity (Wildman–Crippen MR) is 104 cm³/mol. The first kappa shape index (κ1) is 17.9. The molecule has 1 saturated carbocycles. The Bertz CT molecular complexity index is 1100. The Labute approximate surface area is 158 Å². The second kappa shape index (κ2) is 6.91. The van der Waals surface area contributed by atoms with Crippen molar-refractivity contribution in [3.8, 4) is 0 Å². The molecular formula is C22H20O4S. The first-order valence-electron chi connectivity index (χ1n) is 8.93. The molecule has 0 heterocycles. The van der Waals surface area contributed by atoms with Crippen molar-refractivity contribution in [3.05, 3.63) is 77.9 Å². The third kappa shape index (κ3) is 3.80. The molecule has 27 heavy (non-hydrogen) atoms. The molecule has 5 heteroatoms. The van der Waals surface area contributed by atoms with Crippen LogP contribution < -0.4 is 0 Å². The summed E-state index contributed by atoms with van der Waals surface area (Å²) in [7, 11) is -3.79. The van der Waals surface area contributed by atoms with Crippen LogP contribution in [0.1, 0.15) is 22.3 Å². The summed E-state index contributed by atoms with van der Waals surface area (Å²) in [4.78, 5) is 12.8. The minimum absolute atomic E-state index is 0.0419. The summed E-state index contributed by atoms with van der Waals surface area (Å²) in [6, 6.07) is 20.1. The maximum absolute atomic E-state index is 12.7. The number of aryl methyl sites for hydroxylation is 1. The van der Waals surface area contributed by atoms with E-state index in [0.29, 0.717) is 12.0 Å². The largest absolute Gasteiger partial charge is 0.296 e. The maximum atomic E-state index is 12.7. The van der Waals surface area contributed by atoms with Crippen LogP contribution in [0, 0.1) is 18.8 Å². The number of carbonyl (C=O) groups excluding carboxylic acids is 1. The highest BCUT2D eigenvalue weighted by atomic mass is 32.2. The molecule has 3 aromatic carbocycles. The van der Waals surface area contributed by atoms with Crippen LogP contribution in [-0.4, -0.2) is 20.8 Å². The SMILES string of the molecule is Cc1ccc(S(=O)(=O)OCC2CC2C(=O)c2ccc3ccccc3c2)cc1. The Morgan fingerprint density at radius 1 is 1.00 bits per heavy atom. The highest BCUT2D eigenvalue weighted by Crippen LogP contribution is 2.42. The molecule has 0 N–H and O–H groups in total. The van der Waals surface area contributed by atoms with Gasteiger partial charge >= 0.3 is 0 Å². The summed E-state index contributed by atoms with van der Waals surface area (Å²) in [5.74, 6) is -0.161. The molecule has 4 nitrogen and oxygen atoms in total. The lowest BCUT2D eigenvalue weighted by Gasteiger charge is -2.06. The van der Waals surface area contributed by atoms with E-state index in [1.54, 1.807) is 12.1 Å². The molecule has 0 aromatic heterocycles. The monoisotopic (exact) mass is 380 g/mol. The lowest BCUT2D eigenvalue weighted by molar-refractivity contribution is 0.0956. The zero-order valence-corrected chi connectivity index (χ0v) is 15.8. The Morgan fingerprint density at radius 2 is 1.70 bits per heavy atom. The van der Waals surface area contributed by atoms with Crippen LogP contribution in [0.5, 0.6) is 0 Å². The third-order valence-corrected chi connectivity index (χ3v) is 6.34. The summed E-state index contributed by atoms with van der Waals surface area (Å²) in [5, 5.41) is 2.12. The lowest BCUT2D eigenvalue weighted by atomic mass is 10.0. The van der Waals surface area contributed by atoms with Crippen molar-refractivity contribution in [2.45, 2.75) is 18.2 Å². The van der Waals surface area contributed by atoms with Gasteiger partial charge < -0.3 is 0 Å². The quantitative estimate of drug-likeness (QED) is 0.471. The van der Waals surface area contributed by atoms with Crippen LogP contribution in [0.2, 0.25) is 0 Å². The van der Waals surface area contributed by atoms with E-state index in [0.717, 1.165) is 16.3 Å². The number of fused-ring (bicyclic) bond motifs is 1. The zero-order valence-electron chi connectivity index (χ0n) is 15.0. The average Bonchev–Trinajstić information content (AvgIpc) is 3.46. The molecule has 0 spiro atoms. The van der Waals surface area contributed by atoms with Gasteiger partial charge in [0.15, 0.2) is 5.78 Å². The van der Waals surface area contributed by atoms with Crippen molar-refractivity contribution in [2.24, 2.45) is 11.8 Å². The lowest BCUT2D eigenvalue weighted by Crippen LogP contribution is -2.11. The van der Waals surface area contributed by atoms with Crippen LogP contribution in [0.25, 0.3) is 10.8 Å². The Balaban J connectivity index is 1.40. The molecule has 3 aromatic rings. The molecular weight excluding hydrogens is 360 g/mol. The van der Waals surface area contributed by atoms with Crippen LogP contribution in [0.15, 0.2) is 71.6 Å². The molecule has 4 rings (SSSR count). The van der Waals surface area contributed by atoms with Gasteiger partial charge in [0.1, 0.15) is 0 Å². The van der Waals surface area contributed by atoms with Crippen LogP contribution in [-0.2, 0) is 14.3 Å². The first-order chi connectivity index (χ1) is 12.9. The number of ketones is 1. The van der Waals surface area contributed by atoms with Crippen molar-refractivity contribution in [1.29, 1.82) is 0 Å². The molecule has 1 aliphatic carbocycles. The second-order valence-electron chi connectivity index (χ2n) is 7.08. The maximum Gasteiger partial charge on any atom is 0.296 e. The van der Waals surface area contributed by atoms with Gasteiger partial charge in [0.05, 0.1) is 11.5 Å². The molecule has 2 atom stereocenters. The predicted octanol–water partition coefficient (Wildman–Crippen LogP) is 4.37. The van der Waals surface area contributed by atoms with Crippen LogP contribution in [0.4, 0.5) is 0 Å². The number of rotatable bonds is 6. The average molecular weight is 380 g/mol. The second-order valence-corrected chi connectivity index (χ2v) is 8.70. The molecule has 138 valence electrons. The number of hydrogen-bond acceptors (Lipinski definition) is 4. The summed E-state index contributed by atoms with van der Waals surface area (Å²) < 4.78 is 29.7. The van der Waals surface area contributed by atoms with Crippen molar-refractivity contribution < 1.29 is 17.4 Å². The fourth-order valence-electron chi connectivity index (χ4n) is 3.26. The van der Waals surface area contributed by atoms with E-state index >= 15 is 0 Å². The summed E-state index contributed by atoms with van der Waals surface area (Å²) in [6.45, 7) is 1.94. The van der Waals surface area contributed by atoms with E-state index in [-0.39, 0.29) is 29.1 Å². The number of benzene rings is 3. The van der Waals surface area contributed by atoms with E-state index in [9.17, 15) is 13.2 Å². The Kier molecular flexibility index (Phi) is 4.58. The van der Waals surface area contributed by atoms with Gasteiger partial charge in [0.25, 0.3) is 10.1 Å². The van der Waals surface area contributed by atoms with E-state index in [4.69, 9.17) is 4.18 Å². The van der Waals surface area contributed by atoms with Crippen LogP contribution in [0.3, 0.4) is 0 Å². The summed E-state index contributed by atoms with van der Waals surface area (Å²) in [5.41, 5.74) is 1.65. The fourth-order valence-corrected chi connectivity index (χ4v) is 4.22. The van der Waals surface area contributed by atoms with Crippen LogP contribution >= 0.6 is 0 Å². The smallest absolute Gasteiger partial charge is 0.294 e. The molecule has 0 radical (unpaired) electrons. The Morgan fingerprint density at radius 3 is 2.44 bits per heavy atom. The Hall–Kier alpha value is -2.50. The van der Waals surface area contributed by atoms with E-state index in [1.165, 1.54) is 12.1 Å². The van der Waals surface area contributed by atoms with E-state index in [1.807, 2.05) is 49.4 Å². The normalized spacial score (nSPS) is 19.1. The van der Waals surface area contributed by atoms with Crippen molar-refractivity contribution >= 4 is 26.7 Å². The van der Waals surface area contributed by atoms with Gasteiger partial charge in [-0.2, -0.15) is 8.42 Å². The van der Waals surface area contributed by atoms with E-state index in [2.05, 4.69) is 0 Å². The summed E-state index contributed by atoms with van der Waals surface area (Å²) in [6.07, 6.45) is 0.662. The van der Waals surface area contributed by atoms with Crippen molar-refractivity contribution in [2.75, 3.05) is 6.61 Å².